The van der Waals surface area contributed by atoms with Gasteiger partial charge in [0.1, 0.15) is 36.0 Å². The predicted molar refractivity (Wildman–Crippen MR) is 72.9 cm³/mol. The van der Waals surface area contributed by atoms with Crippen LogP contribution in [-0.4, -0.2) is 61.7 Å². The van der Waals surface area contributed by atoms with Gasteiger partial charge in [0.15, 0.2) is 0 Å². The first kappa shape index (κ1) is 17.5. The van der Waals surface area contributed by atoms with Gasteiger partial charge in [0, 0.05) is 0 Å². The lowest BCUT2D eigenvalue weighted by atomic mass is 10.0. The number of hydrogen-bond donors (Lipinski definition) is 6. The lowest BCUT2D eigenvalue weighted by Crippen LogP contribution is -2.46. The lowest BCUT2D eigenvalue weighted by Gasteiger charge is -2.25. The van der Waals surface area contributed by atoms with E-state index in [2.05, 4.69) is 0 Å². The maximum absolute atomic E-state index is 13.3. The van der Waals surface area contributed by atoms with E-state index >= 15 is 0 Å². The van der Waals surface area contributed by atoms with E-state index in [4.69, 9.17) is 10.2 Å². The molecule has 0 bridgehead atoms. The number of aliphatic hydroxyl groups excluding tert-OH is 6. The molecular formula is C14H19FO6. The maximum Gasteiger partial charge on any atom is 0.139 e. The fraction of sp³-hybridized carbons (Fsp3) is 0.429. The Morgan fingerprint density at radius 2 is 1.81 bits per heavy atom. The molecule has 1 aromatic rings. The molecule has 0 unspecified atom stereocenters. The highest BCUT2D eigenvalue weighted by Gasteiger charge is 2.32. The number of benzene rings is 1. The van der Waals surface area contributed by atoms with Gasteiger partial charge < -0.3 is 30.6 Å². The average Bonchev–Trinajstić information content (AvgIpc) is 2.47. The van der Waals surface area contributed by atoms with Gasteiger partial charge in [0.25, 0.3) is 0 Å². The van der Waals surface area contributed by atoms with Crippen molar-refractivity contribution in [1.82, 2.24) is 0 Å². The summed E-state index contributed by atoms with van der Waals surface area (Å²) < 4.78 is 13.3. The maximum atomic E-state index is 13.3. The Morgan fingerprint density at radius 1 is 1.19 bits per heavy atom. The van der Waals surface area contributed by atoms with E-state index in [0.29, 0.717) is 5.56 Å². The Bertz CT molecular complexity index is 504. The lowest BCUT2D eigenvalue weighted by molar-refractivity contribution is -0.112. The van der Waals surface area contributed by atoms with Crippen molar-refractivity contribution in [1.29, 1.82) is 0 Å². The van der Waals surface area contributed by atoms with Crippen LogP contribution in [0.15, 0.2) is 24.0 Å². The molecule has 0 fully saturated rings. The summed E-state index contributed by atoms with van der Waals surface area (Å²) in [6.07, 6.45) is -6.31. The second-order valence-corrected chi connectivity index (χ2v) is 4.75. The Labute approximate surface area is 121 Å². The van der Waals surface area contributed by atoms with Crippen LogP contribution in [0.4, 0.5) is 4.39 Å². The van der Waals surface area contributed by atoms with Crippen molar-refractivity contribution in [3.05, 3.63) is 40.9 Å². The number of hydrogen-bond acceptors (Lipinski definition) is 6. The third kappa shape index (κ3) is 4.48. The summed E-state index contributed by atoms with van der Waals surface area (Å²) in [5.41, 5.74) is 0.660. The van der Waals surface area contributed by atoms with Crippen molar-refractivity contribution in [2.45, 2.75) is 31.3 Å². The van der Waals surface area contributed by atoms with Gasteiger partial charge in [-0.05, 0) is 30.2 Å². The SMILES string of the molecule is Cc1ccc(C=C(O)[C@H](O)[C@@H](O)[C@H](O)[C@H](O)CO)cc1F. The smallest absolute Gasteiger partial charge is 0.139 e. The van der Waals surface area contributed by atoms with Crippen molar-refractivity contribution < 1.29 is 35.0 Å². The van der Waals surface area contributed by atoms with Gasteiger partial charge in [0.05, 0.1) is 6.61 Å². The molecule has 0 aliphatic carbocycles. The Morgan fingerprint density at radius 3 is 2.33 bits per heavy atom. The zero-order valence-electron chi connectivity index (χ0n) is 11.4. The van der Waals surface area contributed by atoms with E-state index in [1.807, 2.05) is 0 Å². The zero-order chi connectivity index (χ0) is 16.2. The second kappa shape index (κ2) is 7.48. The fourth-order valence-electron chi connectivity index (χ4n) is 1.65. The minimum Gasteiger partial charge on any atom is -0.509 e. The molecule has 0 heterocycles. The first-order valence-electron chi connectivity index (χ1n) is 6.27. The minimum atomic E-state index is -1.92. The van der Waals surface area contributed by atoms with Crippen LogP contribution < -0.4 is 0 Å². The molecule has 118 valence electrons. The zero-order valence-corrected chi connectivity index (χ0v) is 11.4. The number of rotatable bonds is 6. The second-order valence-electron chi connectivity index (χ2n) is 4.75. The summed E-state index contributed by atoms with van der Waals surface area (Å²) in [6.45, 7) is 0.743. The van der Waals surface area contributed by atoms with Gasteiger partial charge in [-0.15, -0.1) is 0 Å². The first-order valence-corrected chi connectivity index (χ1v) is 6.27. The molecule has 0 saturated carbocycles. The molecule has 0 amide bonds. The Kier molecular flexibility index (Phi) is 6.25. The molecule has 6 nitrogen and oxygen atoms in total. The summed E-state index contributed by atoms with van der Waals surface area (Å²) in [4.78, 5) is 0. The van der Waals surface area contributed by atoms with Crippen molar-refractivity contribution >= 4 is 6.08 Å². The van der Waals surface area contributed by atoms with E-state index in [9.17, 15) is 24.8 Å². The normalized spacial score (nSPS) is 18.1. The van der Waals surface area contributed by atoms with E-state index in [-0.39, 0.29) is 5.56 Å². The number of aryl methyl sites for hydroxylation is 1. The third-order valence-corrected chi connectivity index (χ3v) is 3.07. The van der Waals surface area contributed by atoms with Gasteiger partial charge >= 0.3 is 0 Å². The average molecular weight is 302 g/mol. The highest BCUT2D eigenvalue weighted by Crippen LogP contribution is 2.16. The van der Waals surface area contributed by atoms with Crippen LogP contribution in [0.1, 0.15) is 11.1 Å². The Balaban J connectivity index is 2.87. The molecule has 7 heteroatoms. The van der Waals surface area contributed by atoms with Crippen molar-refractivity contribution in [2.24, 2.45) is 0 Å². The van der Waals surface area contributed by atoms with Crippen LogP contribution in [0.3, 0.4) is 0 Å². The van der Waals surface area contributed by atoms with Crippen molar-refractivity contribution in [3.63, 3.8) is 0 Å². The van der Waals surface area contributed by atoms with Crippen LogP contribution >= 0.6 is 0 Å². The molecule has 0 aliphatic rings. The molecule has 21 heavy (non-hydrogen) atoms. The van der Waals surface area contributed by atoms with Gasteiger partial charge in [0.2, 0.25) is 0 Å². The van der Waals surface area contributed by atoms with Gasteiger partial charge in [-0.3, -0.25) is 0 Å². The van der Waals surface area contributed by atoms with Crippen molar-refractivity contribution in [3.8, 4) is 0 Å². The molecule has 4 atom stereocenters. The monoisotopic (exact) mass is 302 g/mol. The highest BCUT2D eigenvalue weighted by atomic mass is 19.1. The van der Waals surface area contributed by atoms with E-state index in [0.717, 1.165) is 12.1 Å². The predicted octanol–water partition coefficient (Wildman–Crippen LogP) is -0.531. The van der Waals surface area contributed by atoms with Crippen LogP contribution in [0.5, 0.6) is 0 Å². The van der Waals surface area contributed by atoms with E-state index in [1.165, 1.54) is 12.1 Å². The standard InChI is InChI=1S/C14H19FO6/c1-7-2-3-8(4-9(7)15)5-10(17)12(19)14(21)13(20)11(18)6-16/h2-5,11-14,16-21H,6H2,1H3/t11-,12+,13-,14-/m1/s1. The largest absolute Gasteiger partial charge is 0.509 e. The summed E-state index contributed by atoms with van der Waals surface area (Å²) in [5.74, 6) is -1.21. The molecular weight excluding hydrogens is 283 g/mol. The molecule has 1 rings (SSSR count). The summed E-state index contributed by atoms with van der Waals surface area (Å²) in [6, 6.07) is 4.10. The van der Waals surface area contributed by atoms with Crippen LogP contribution in [-0.2, 0) is 0 Å². The minimum absolute atomic E-state index is 0.249. The quantitative estimate of drug-likeness (QED) is 0.393. The molecule has 1 aromatic carbocycles. The number of aliphatic hydroxyl groups is 6. The molecule has 0 saturated heterocycles. The van der Waals surface area contributed by atoms with Crippen molar-refractivity contribution in [2.75, 3.05) is 6.61 Å². The first-order chi connectivity index (χ1) is 9.77. The van der Waals surface area contributed by atoms with Gasteiger partial charge in [-0.25, -0.2) is 4.39 Å². The summed E-state index contributed by atoms with van der Waals surface area (Å²) in [5, 5.41) is 56.2. The topological polar surface area (TPSA) is 121 Å². The van der Waals surface area contributed by atoms with Crippen LogP contribution in [0, 0.1) is 12.7 Å². The summed E-state index contributed by atoms with van der Waals surface area (Å²) >= 11 is 0. The molecule has 0 spiro atoms. The van der Waals surface area contributed by atoms with Gasteiger partial charge in [-0.2, -0.15) is 0 Å². The summed E-state index contributed by atoms with van der Waals surface area (Å²) in [7, 11) is 0. The van der Waals surface area contributed by atoms with E-state index < -0.39 is 42.6 Å². The molecule has 0 aliphatic heterocycles. The van der Waals surface area contributed by atoms with Crippen LogP contribution in [0.25, 0.3) is 6.08 Å². The molecule has 6 N–H and O–H groups in total. The Hall–Kier alpha value is -1.51. The number of halogens is 1. The van der Waals surface area contributed by atoms with Crippen LogP contribution in [0.2, 0.25) is 0 Å². The highest BCUT2D eigenvalue weighted by molar-refractivity contribution is 5.52. The molecule has 0 radical (unpaired) electrons. The van der Waals surface area contributed by atoms with Gasteiger partial charge in [-0.1, -0.05) is 12.1 Å². The third-order valence-electron chi connectivity index (χ3n) is 3.07. The fourth-order valence-corrected chi connectivity index (χ4v) is 1.65. The van der Waals surface area contributed by atoms with E-state index in [1.54, 1.807) is 6.92 Å². The molecule has 0 aromatic heterocycles.